The second-order valence-corrected chi connectivity index (χ2v) is 10.7. The zero-order valence-corrected chi connectivity index (χ0v) is 16.2. The second kappa shape index (κ2) is 7.34. The van der Waals surface area contributed by atoms with Gasteiger partial charge in [0, 0.05) is 19.1 Å². The number of rotatable bonds is 5. The first-order valence-electron chi connectivity index (χ1n) is 8.93. The van der Waals surface area contributed by atoms with Gasteiger partial charge in [-0.15, -0.1) is 0 Å². The van der Waals surface area contributed by atoms with Crippen LogP contribution in [0.15, 0.2) is 34.1 Å². The third-order valence-corrected chi connectivity index (χ3v) is 8.67. The maximum Gasteiger partial charge on any atom is 0.243 e. The minimum Gasteiger partial charge on any atom is -0.208 e. The van der Waals surface area contributed by atoms with Crippen LogP contribution in [0.3, 0.4) is 0 Å². The number of nitrogens with one attached hydrogen (secondary N) is 1. The molecule has 0 amide bonds. The van der Waals surface area contributed by atoms with E-state index in [0.29, 0.717) is 19.0 Å². The van der Waals surface area contributed by atoms with Gasteiger partial charge in [0.15, 0.2) is 0 Å². The number of nitrogens with zero attached hydrogens (tertiary/aromatic N) is 1. The molecule has 2 aliphatic rings. The van der Waals surface area contributed by atoms with E-state index in [9.17, 15) is 16.8 Å². The van der Waals surface area contributed by atoms with Gasteiger partial charge < -0.3 is 0 Å². The molecule has 1 saturated heterocycles. The second-order valence-electron chi connectivity index (χ2n) is 7.07. The summed E-state index contributed by atoms with van der Waals surface area (Å²) in [6, 6.07) is 5.52. The first-order valence-corrected chi connectivity index (χ1v) is 11.9. The average Bonchev–Trinajstić information content (AvgIpc) is 3.12. The number of sulfonamides is 2. The number of hydrogen-bond donors (Lipinski definition) is 1. The highest BCUT2D eigenvalue weighted by atomic mass is 32.2. The van der Waals surface area contributed by atoms with Crippen LogP contribution in [0, 0.1) is 5.92 Å². The molecule has 1 aromatic carbocycles. The zero-order chi connectivity index (χ0) is 18.1. The molecule has 1 heterocycles. The average molecular weight is 387 g/mol. The highest BCUT2D eigenvalue weighted by Crippen LogP contribution is 2.26. The molecule has 25 heavy (non-hydrogen) atoms. The van der Waals surface area contributed by atoms with Crippen molar-refractivity contribution in [2.45, 2.75) is 61.3 Å². The molecule has 8 heteroatoms. The summed E-state index contributed by atoms with van der Waals surface area (Å²) < 4.78 is 54.5. The lowest BCUT2D eigenvalue weighted by molar-refractivity contribution is 0.310. The van der Waals surface area contributed by atoms with Gasteiger partial charge in [0.25, 0.3) is 0 Å². The summed E-state index contributed by atoms with van der Waals surface area (Å²) in [5.41, 5.74) is 0. The van der Waals surface area contributed by atoms with Crippen molar-refractivity contribution < 1.29 is 16.8 Å². The minimum atomic E-state index is -3.63. The summed E-state index contributed by atoms with van der Waals surface area (Å²) in [4.78, 5) is 0.269. The van der Waals surface area contributed by atoms with Crippen LogP contribution < -0.4 is 4.72 Å². The topological polar surface area (TPSA) is 83.5 Å². The van der Waals surface area contributed by atoms with Gasteiger partial charge in [-0.2, -0.15) is 4.31 Å². The molecule has 1 aliphatic heterocycles. The van der Waals surface area contributed by atoms with Crippen LogP contribution in [0.1, 0.15) is 45.4 Å². The van der Waals surface area contributed by atoms with E-state index in [1.54, 1.807) is 0 Å². The molecule has 0 radical (unpaired) electrons. The monoisotopic (exact) mass is 386 g/mol. The standard InChI is InChI=1S/C17H26N2O4S2/c1-14-6-2-3-7-17(14)18-24(20,21)15-8-10-16(11-9-15)25(22,23)19-12-4-5-13-19/h8-11,14,17-18H,2-7,12-13H2,1H3/t14-,17+/m0/s1. The van der Waals surface area contributed by atoms with Crippen LogP contribution in [-0.2, 0) is 20.0 Å². The Hall–Kier alpha value is -0.960. The number of benzene rings is 1. The van der Waals surface area contributed by atoms with Gasteiger partial charge in [-0.1, -0.05) is 19.8 Å². The lowest BCUT2D eigenvalue weighted by Crippen LogP contribution is -2.40. The van der Waals surface area contributed by atoms with Gasteiger partial charge >= 0.3 is 0 Å². The van der Waals surface area contributed by atoms with Crippen molar-refractivity contribution in [3.05, 3.63) is 24.3 Å². The van der Waals surface area contributed by atoms with Crippen LogP contribution in [-0.4, -0.2) is 40.3 Å². The molecule has 2 fully saturated rings. The van der Waals surface area contributed by atoms with Gasteiger partial charge in [0.05, 0.1) is 9.79 Å². The Morgan fingerprint density at radius 2 is 1.44 bits per heavy atom. The van der Waals surface area contributed by atoms with Crippen molar-refractivity contribution in [1.29, 1.82) is 0 Å². The van der Waals surface area contributed by atoms with E-state index in [2.05, 4.69) is 11.6 Å². The fourth-order valence-electron chi connectivity index (χ4n) is 3.63. The Kier molecular flexibility index (Phi) is 5.53. The number of hydrogen-bond acceptors (Lipinski definition) is 4. The molecule has 6 nitrogen and oxygen atoms in total. The lowest BCUT2D eigenvalue weighted by Gasteiger charge is -2.29. The molecule has 1 saturated carbocycles. The summed E-state index contributed by atoms with van der Waals surface area (Å²) in [5.74, 6) is 0.318. The lowest BCUT2D eigenvalue weighted by atomic mass is 9.87. The Morgan fingerprint density at radius 1 is 0.880 bits per heavy atom. The molecule has 1 N–H and O–H groups in total. The van der Waals surface area contributed by atoms with E-state index in [-0.39, 0.29) is 15.8 Å². The van der Waals surface area contributed by atoms with Crippen molar-refractivity contribution in [2.24, 2.45) is 5.92 Å². The maximum atomic E-state index is 12.6. The van der Waals surface area contributed by atoms with Gasteiger partial charge in [-0.05, 0) is 55.9 Å². The molecular formula is C17H26N2O4S2. The van der Waals surface area contributed by atoms with Crippen LogP contribution in [0.25, 0.3) is 0 Å². The first-order chi connectivity index (χ1) is 11.8. The van der Waals surface area contributed by atoms with Crippen LogP contribution in [0.5, 0.6) is 0 Å². The minimum absolute atomic E-state index is 0.0493. The normalized spacial score (nSPS) is 26.0. The van der Waals surface area contributed by atoms with Crippen molar-refractivity contribution in [3.63, 3.8) is 0 Å². The summed E-state index contributed by atoms with van der Waals surface area (Å²) in [5, 5.41) is 0. The van der Waals surface area contributed by atoms with Crippen molar-refractivity contribution in [2.75, 3.05) is 13.1 Å². The SMILES string of the molecule is C[C@H]1CCCC[C@H]1NS(=O)(=O)c1ccc(S(=O)(=O)N2CCCC2)cc1. The smallest absolute Gasteiger partial charge is 0.208 e. The molecular weight excluding hydrogens is 360 g/mol. The zero-order valence-electron chi connectivity index (χ0n) is 14.5. The highest BCUT2D eigenvalue weighted by Gasteiger charge is 2.29. The van der Waals surface area contributed by atoms with Crippen molar-refractivity contribution in [3.8, 4) is 0 Å². The largest absolute Gasteiger partial charge is 0.243 e. The van der Waals surface area contributed by atoms with Crippen LogP contribution in [0.4, 0.5) is 0 Å². The Balaban J connectivity index is 1.77. The van der Waals surface area contributed by atoms with Gasteiger partial charge in [-0.25, -0.2) is 21.6 Å². The predicted octanol–water partition coefficient (Wildman–Crippen LogP) is 2.33. The summed E-state index contributed by atoms with van der Waals surface area (Å²) in [7, 11) is -7.15. The molecule has 3 rings (SSSR count). The molecule has 0 bridgehead atoms. The molecule has 2 atom stereocenters. The molecule has 0 unspecified atom stereocenters. The van der Waals surface area contributed by atoms with E-state index in [0.717, 1.165) is 38.5 Å². The van der Waals surface area contributed by atoms with E-state index >= 15 is 0 Å². The molecule has 0 aromatic heterocycles. The van der Waals surface area contributed by atoms with E-state index in [4.69, 9.17) is 0 Å². The van der Waals surface area contributed by atoms with Gasteiger partial charge in [0.1, 0.15) is 0 Å². The first kappa shape index (κ1) is 18.8. The van der Waals surface area contributed by atoms with Gasteiger partial charge in [-0.3, -0.25) is 0 Å². The fourth-order valence-corrected chi connectivity index (χ4v) is 6.52. The Bertz CT molecular complexity index is 798. The maximum absolute atomic E-state index is 12.6. The Labute approximate surface area is 150 Å². The van der Waals surface area contributed by atoms with Gasteiger partial charge in [0.2, 0.25) is 20.0 Å². The van der Waals surface area contributed by atoms with Crippen LogP contribution in [0.2, 0.25) is 0 Å². The molecule has 0 spiro atoms. The van der Waals surface area contributed by atoms with Crippen molar-refractivity contribution in [1.82, 2.24) is 9.03 Å². The van der Waals surface area contributed by atoms with Crippen molar-refractivity contribution >= 4 is 20.0 Å². The Morgan fingerprint density at radius 3 is 2.04 bits per heavy atom. The molecule has 1 aliphatic carbocycles. The third kappa shape index (κ3) is 4.07. The molecule has 140 valence electrons. The fraction of sp³-hybridized carbons (Fsp3) is 0.647. The summed E-state index contributed by atoms with van der Waals surface area (Å²) in [6.07, 6.45) is 5.79. The van der Waals surface area contributed by atoms with E-state index < -0.39 is 20.0 Å². The quantitative estimate of drug-likeness (QED) is 0.842. The van der Waals surface area contributed by atoms with E-state index in [1.807, 2.05) is 0 Å². The summed E-state index contributed by atoms with van der Waals surface area (Å²) in [6.45, 7) is 3.13. The highest BCUT2D eigenvalue weighted by molar-refractivity contribution is 7.89. The summed E-state index contributed by atoms with van der Waals surface area (Å²) >= 11 is 0. The third-order valence-electron chi connectivity index (χ3n) is 5.25. The van der Waals surface area contributed by atoms with Crippen LogP contribution >= 0.6 is 0 Å². The molecule has 1 aromatic rings. The predicted molar refractivity (Wildman–Crippen MR) is 96.2 cm³/mol. The van der Waals surface area contributed by atoms with E-state index in [1.165, 1.54) is 28.6 Å².